The molecule has 9 heteroatoms. The van der Waals surface area contributed by atoms with Gasteiger partial charge in [-0.15, -0.1) is 0 Å². The van der Waals surface area contributed by atoms with Gasteiger partial charge in [0.1, 0.15) is 17.0 Å². The zero-order valence-corrected chi connectivity index (χ0v) is 16.3. The number of aryl methyl sites for hydroxylation is 1. The monoisotopic (exact) mass is 388 g/mol. The van der Waals surface area contributed by atoms with Crippen LogP contribution in [0.25, 0.3) is 11.0 Å². The smallest absolute Gasteiger partial charge is 0.278 e. The first-order chi connectivity index (χ1) is 12.9. The van der Waals surface area contributed by atoms with Crippen LogP contribution in [-0.2, 0) is 11.8 Å². The van der Waals surface area contributed by atoms with Gasteiger partial charge < -0.3 is 19.8 Å². The summed E-state index contributed by atoms with van der Waals surface area (Å²) in [5, 5.41) is 3.27. The first-order valence-electron chi connectivity index (χ1n) is 8.14. The van der Waals surface area contributed by atoms with E-state index in [0.717, 1.165) is 5.69 Å². The quantitative estimate of drug-likeness (QED) is 0.497. The Morgan fingerprint density at radius 1 is 1.30 bits per heavy atom. The first-order valence-corrected chi connectivity index (χ1v) is 9.12. The molecule has 0 saturated heterocycles. The SMILES string of the molecule is COc1ccc(OC)c(NC(=O)CSc2nc3cc(C)[nH]c3c(=O)n2C)c1. The van der Waals surface area contributed by atoms with Gasteiger partial charge in [0.2, 0.25) is 5.91 Å². The number of hydrogen-bond donors (Lipinski definition) is 2. The van der Waals surface area contributed by atoms with Crippen LogP contribution in [0.1, 0.15) is 5.69 Å². The van der Waals surface area contributed by atoms with E-state index < -0.39 is 0 Å². The van der Waals surface area contributed by atoms with Crippen LogP contribution in [0.4, 0.5) is 5.69 Å². The fourth-order valence-electron chi connectivity index (χ4n) is 2.62. The van der Waals surface area contributed by atoms with Crippen LogP contribution < -0.4 is 20.3 Å². The third-order valence-electron chi connectivity index (χ3n) is 3.97. The van der Waals surface area contributed by atoms with E-state index >= 15 is 0 Å². The number of nitrogens with one attached hydrogen (secondary N) is 2. The second-order valence-electron chi connectivity index (χ2n) is 5.87. The molecule has 0 spiro atoms. The highest BCUT2D eigenvalue weighted by Gasteiger charge is 2.14. The number of rotatable bonds is 6. The number of benzene rings is 1. The van der Waals surface area contributed by atoms with Gasteiger partial charge in [0.25, 0.3) is 5.56 Å². The Labute approximate surface area is 159 Å². The molecule has 0 unspecified atom stereocenters. The summed E-state index contributed by atoms with van der Waals surface area (Å²) in [5.41, 5.74) is 2.25. The lowest BCUT2D eigenvalue weighted by Gasteiger charge is -2.12. The lowest BCUT2D eigenvalue weighted by molar-refractivity contribution is -0.113. The van der Waals surface area contributed by atoms with Crippen LogP contribution >= 0.6 is 11.8 Å². The number of carbonyl (C=O) groups excluding carboxylic acids is 1. The summed E-state index contributed by atoms with van der Waals surface area (Å²) in [6.45, 7) is 1.86. The van der Waals surface area contributed by atoms with Crippen molar-refractivity contribution < 1.29 is 14.3 Å². The van der Waals surface area contributed by atoms with E-state index in [1.54, 1.807) is 32.4 Å². The van der Waals surface area contributed by atoms with E-state index in [1.165, 1.54) is 23.4 Å². The first kappa shape index (κ1) is 18.8. The zero-order chi connectivity index (χ0) is 19.6. The summed E-state index contributed by atoms with van der Waals surface area (Å²) >= 11 is 1.19. The van der Waals surface area contributed by atoms with E-state index in [0.29, 0.717) is 33.4 Å². The number of aromatic nitrogens is 3. The van der Waals surface area contributed by atoms with Gasteiger partial charge in [-0.3, -0.25) is 14.2 Å². The molecule has 2 aromatic heterocycles. The molecule has 0 radical (unpaired) electrons. The predicted molar refractivity (Wildman–Crippen MR) is 105 cm³/mol. The van der Waals surface area contributed by atoms with E-state index in [2.05, 4.69) is 15.3 Å². The summed E-state index contributed by atoms with van der Waals surface area (Å²) in [6.07, 6.45) is 0. The molecule has 1 aromatic carbocycles. The molecule has 0 bridgehead atoms. The average molecular weight is 388 g/mol. The maximum atomic E-state index is 12.4. The minimum atomic E-state index is -0.244. The van der Waals surface area contributed by atoms with Gasteiger partial charge in [0.05, 0.1) is 31.2 Å². The summed E-state index contributed by atoms with van der Waals surface area (Å²) in [7, 11) is 4.71. The number of carbonyl (C=O) groups is 1. The Hall–Kier alpha value is -2.94. The second kappa shape index (κ2) is 7.75. The Morgan fingerprint density at radius 3 is 2.78 bits per heavy atom. The number of hydrogen-bond acceptors (Lipinski definition) is 6. The van der Waals surface area contributed by atoms with Gasteiger partial charge in [-0.2, -0.15) is 0 Å². The number of fused-ring (bicyclic) bond motifs is 1. The Morgan fingerprint density at radius 2 is 2.07 bits per heavy atom. The van der Waals surface area contributed by atoms with Crippen LogP contribution in [0, 0.1) is 6.92 Å². The predicted octanol–water partition coefficient (Wildman–Crippen LogP) is 2.32. The standard InChI is InChI=1S/C18H20N4O4S/c1-10-7-13-16(19-10)17(24)22(2)18(21-13)27-9-15(23)20-12-8-11(25-3)5-6-14(12)26-4/h5-8,19H,9H2,1-4H3,(H,20,23). The molecule has 8 nitrogen and oxygen atoms in total. The van der Waals surface area contributed by atoms with Crippen molar-refractivity contribution in [2.75, 3.05) is 25.3 Å². The number of H-pyrrole nitrogens is 1. The van der Waals surface area contributed by atoms with Gasteiger partial charge in [-0.1, -0.05) is 11.8 Å². The molecular weight excluding hydrogens is 368 g/mol. The molecule has 0 saturated carbocycles. The molecule has 0 aliphatic rings. The highest BCUT2D eigenvalue weighted by Crippen LogP contribution is 2.29. The molecule has 1 amide bonds. The second-order valence-corrected chi connectivity index (χ2v) is 6.82. The number of ether oxygens (including phenoxy) is 2. The minimum absolute atomic E-state index is 0.0928. The van der Waals surface area contributed by atoms with E-state index in [1.807, 2.05) is 13.0 Å². The molecule has 0 atom stereocenters. The Bertz CT molecular complexity index is 1060. The summed E-state index contributed by atoms with van der Waals surface area (Å²) < 4.78 is 11.9. The topological polar surface area (TPSA) is 98.2 Å². The molecule has 0 aliphatic carbocycles. The van der Waals surface area contributed by atoms with Gasteiger partial charge in [0, 0.05) is 18.8 Å². The molecule has 142 valence electrons. The van der Waals surface area contributed by atoms with Crippen molar-refractivity contribution in [2.24, 2.45) is 7.05 Å². The summed E-state index contributed by atoms with van der Waals surface area (Å²) in [6, 6.07) is 6.96. The van der Waals surface area contributed by atoms with Crippen LogP contribution in [-0.4, -0.2) is 40.4 Å². The number of methoxy groups -OCH3 is 2. The van der Waals surface area contributed by atoms with Gasteiger partial charge >= 0.3 is 0 Å². The fourth-order valence-corrected chi connectivity index (χ4v) is 3.39. The zero-order valence-electron chi connectivity index (χ0n) is 15.5. The molecule has 0 aliphatic heterocycles. The van der Waals surface area contributed by atoms with Gasteiger partial charge in [-0.05, 0) is 25.1 Å². The molecule has 27 heavy (non-hydrogen) atoms. The average Bonchev–Trinajstić information content (AvgIpc) is 3.04. The Balaban J connectivity index is 1.76. The fraction of sp³-hybridized carbons (Fsp3) is 0.278. The number of amides is 1. The molecule has 2 heterocycles. The van der Waals surface area contributed by atoms with E-state index in [4.69, 9.17) is 9.47 Å². The molecule has 3 aromatic rings. The van der Waals surface area contributed by atoms with E-state index in [9.17, 15) is 9.59 Å². The molecular formula is C18H20N4O4S. The maximum absolute atomic E-state index is 12.4. The Kier molecular flexibility index (Phi) is 5.41. The van der Waals surface area contributed by atoms with Crippen LogP contribution in [0.15, 0.2) is 34.2 Å². The van der Waals surface area contributed by atoms with Gasteiger partial charge in [0.15, 0.2) is 5.16 Å². The van der Waals surface area contributed by atoms with Crippen molar-refractivity contribution in [2.45, 2.75) is 12.1 Å². The van der Waals surface area contributed by atoms with Crippen molar-refractivity contribution in [3.63, 3.8) is 0 Å². The van der Waals surface area contributed by atoms with Crippen LogP contribution in [0.5, 0.6) is 11.5 Å². The lowest BCUT2D eigenvalue weighted by Crippen LogP contribution is -2.21. The number of nitrogens with zero attached hydrogens (tertiary/aromatic N) is 2. The summed E-state index contributed by atoms with van der Waals surface area (Å²) in [4.78, 5) is 32.2. The van der Waals surface area contributed by atoms with Crippen molar-refractivity contribution in [1.29, 1.82) is 0 Å². The molecule has 2 N–H and O–H groups in total. The number of anilines is 1. The van der Waals surface area contributed by atoms with Crippen LogP contribution in [0.2, 0.25) is 0 Å². The third kappa shape index (κ3) is 3.92. The largest absolute Gasteiger partial charge is 0.497 e. The normalized spacial score (nSPS) is 10.8. The number of thioether (sulfide) groups is 1. The van der Waals surface area contributed by atoms with Crippen molar-refractivity contribution in [3.05, 3.63) is 40.3 Å². The van der Waals surface area contributed by atoms with Crippen molar-refractivity contribution >= 4 is 34.4 Å². The maximum Gasteiger partial charge on any atom is 0.278 e. The van der Waals surface area contributed by atoms with Crippen molar-refractivity contribution in [1.82, 2.24) is 14.5 Å². The van der Waals surface area contributed by atoms with Gasteiger partial charge in [-0.25, -0.2) is 4.98 Å². The van der Waals surface area contributed by atoms with Crippen molar-refractivity contribution in [3.8, 4) is 11.5 Å². The highest BCUT2D eigenvalue weighted by molar-refractivity contribution is 7.99. The molecule has 0 fully saturated rings. The minimum Gasteiger partial charge on any atom is -0.497 e. The van der Waals surface area contributed by atoms with E-state index in [-0.39, 0.29) is 17.2 Å². The number of aromatic amines is 1. The summed E-state index contributed by atoms with van der Waals surface area (Å²) in [5.74, 6) is 0.987. The molecule has 3 rings (SSSR count). The lowest BCUT2D eigenvalue weighted by atomic mass is 10.2. The van der Waals surface area contributed by atoms with Crippen LogP contribution in [0.3, 0.4) is 0 Å². The third-order valence-corrected chi connectivity index (χ3v) is 5.00. The highest BCUT2D eigenvalue weighted by atomic mass is 32.2.